The Morgan fingerprint density at radius 3 is 2.67 bits per heavy atom. The Morgan fingerprint density at radius 1 is 0.958 bits per heavy atom. The lowest BCUT2D eigenvalue weighted by molar-refractivity contribution is 0.853. The van der Waals surface area contributed by atoms with Crippen molar-refractivity contribution in [2.24, 2.45) is 0 Å². The number of rotatable bonds is 3. The van der Waals surface area contributed by atoms with E-state index in [9.17, 15) is 0 Å². The summed E-state index contributed by atoms with van der Waals surface area (Å²) in [5.74, 6) is 0.856. The van der Waals surface area contributed by atoms with Crippen molar-refractivity contribution < 1.29 is 0 Å². The molecular formula is C18H13N5S. The minimum absolute atomic E-state index is 0.720. The first kappa shape index (κ1) is 13.4. The van der Waals surface area contributed by atoms with Crippen molar-refractivity contribution in [3.63, 3.8) is 0 Å². The molecule has 0 radical (unpaired) electrons. The van der Waals surface area contributed by atoms with E-state index in [-0.39, 0.29) is 0 Å². The molecule has 5 nitrogen and oxygen atoms in total. The summed E-state index contributed by atoms with van der Waals surface area (Å²) in [6.45, 7) is 0. The molecule has 0 amide bonds. The molecular weight excluding hydrogens is 318 g/mol. The summed E-state index contributed by atoms with van der Waals surface area (Å²) < 4.78 is 1.85. The molecule has 3 heterocycles. The standard InChI is InChI=1S/C18H13N5S/c1-2-6-12(7-3-1)10-16-20-21-18-23(16)22-17(24-18)15-11-13-8-4-5-9-14(13)19-15/h1-9,11,19H,10H2. The van der Waals surface area contributed by atoms with E-state index in [4.69, 9.17) is 5.10 Å². The molecule has 0 aliphatic carbocycles. The molecule has 0 saturated heterocycles. The Hall–Kier alpha value is -2.99. The molecule has 0 spiro atoms. The molecule has 24 heavy (non-hydrogen) atoms. The summed E-state index contributed by atoms with van der Waals surface area (Å²) in [4.78, 5) is 4.23. The Labute approximate surface area is 141 Å². The highest BCUT2D eigenvalue weighted by molar-refractivity contribution is 7.19. The van der Waals surface area contributed by atoms with Gasteiger partial charge >= 0.3 is 0 Å². The van der Waals surface area contributed by atoms with Crippen LogP contribution in [0.2, 0.25) is 0 Å². The van der Waals surface area contributed by atoms with Crippen LogP contribution in [0.4, 0.5) is 0 Å². The molecule has 0 aliphatic heterocycles. The molecule has 6 heteroatoms. The van der Waals surface area contributed by atoms with Gasteiger partial charge in [0.2, 0.25) is 4.96 Å². The van der Waals surface area contributed by atoms with Crippen LogP contribution < -0.4 is 0 Å². The van der Waals surface area contributed by atoms with Crippen LogP contribution in [-0.2, 0) is 6.42 Å². The lowest BCUT2D eigenvalue weighted by Gasteiger charge is -1.97. The minimum atomic E-state index is 0.720. The van der Waals surface area contributed by atoms with Gasteiger partial charge in [0.15, 0.2) is 10.8 Å². The third-order valence-electron chi connectivity index (χ3n) is 4.02. The topological polar surface area (TPSA) is 58.9 Å². The summed E-state index contributed by atoms with van der Waals surface area (Å²) in [6, 6.07) is 20.6. The van der Waals surface area contributed by atoms with Crippen LogP contribution in [0.15, 0.2) is 60.7 Å². The van der Waals surface area contributed by atoms with E-state index < -0.39 is 0 Å². The average molecular weight is 331 g/mol. The van der Waals surface area contributed by atoms with Crippen molar-refractivity contribution in [3.8, 4) is 10.7 Å². The minimum Gasteiger partial charge on any atom is -0.353 e. The number of hydrogen-bond acceptors (Lipinski definition) is 4. The number of H-pyrrole nitrogens is 1. The van der Waals surface area contributed by atoms with Crippen LogP contribution in [-0.4, -0.2) is 24.8 Å². The zero-order chi connectivity index (χ0) is 15.9. The molecule has 0 aliphatic rings. The van der Waals surface area contributed by atoms with Crippen LogP contribution in [0.25, 0.3) is 26.6 Å². The van der Waals surface area contributed by atoms with Gasteiger partial charge in [0.1, 0.15) is 0 Å². The zero-order valence-electron chi connectivity index (χ0n) is 12.7. The molecule has 0 saturated carbocycles. The van der Waals surface area contributed by atoms with Crippen molar-refractivity contribution >= 4 is 27.2 Å². The third-order valence-corrected chi connectivity index (χ3v) is 4.95. The largest absolute Gasteiger partial charge is 0.353 e. The normalized spacial score (nSPS) is 11.5. The number of para-hydroxylation sites is 1. The van der Waals surface area contributed by atoms with Crippen LogP contribution >= 0.6 is 11.3 Å². The summed E-state index contributed by atoms with van der Waals surface area (Å²) in [5.41, 5.74) is 3.33. The maximum absolute atomic E-state index is 4.71. The van der Waals surface area contributed by atoms with E-state index in [1.807, 2.05) is 34.8 Å². The molecule has 5 rings (SSSR count). The van der Waals surface area contributed by atoms with Crippen LogP contribution in [0, 0.1) is 0 Å². The number of benzene rings is 2. The van der Waals surface area contributed by atoms with Crippen molar-refractivity contribution in [2.75, 3.05) is 0 Å². The van der Waals surface area contributed by atoms with E-state index in [0.29, 0.717) is 0 Å². The number of aromatic amines is 1. The Morgan fingerprint density at radius 2 is 1.79 bits per heavy atom. The fraction of sp³-hybridized carbons (Fsp3) is 0.0556. The summed E-state index contributed by atoms with van der Waals surface area (Å²) in [6.07, 6.45) is 0.720. The van der Waals surface area contributed by atoms with E-state index in [1.54, 1.807) is 11.3 Å². The molecule has 0 fully saturated rings. The molecule has 1 N–H and O–H groups in total. The highest BCUT2D eigenvalue weighted by atomic mass is 32.1. The van der Waals surface area contributed by atoms with Gasteiger partial charge in [-0.25, -0.2) is 0 Å². The molecule has 5 aromatic rings. The van der Waals surface area contributed by atoms with Gasteiger partial charge in [-0.3, -0.25) is 0 Å². The van der Waals surface area contributed by atoms with E-state index in [0.717, 1.165) is 33.4 Å². The molecule has 0 unspecified atom stereocenters. The summed E-state index contributed by atoms with van der Waals surface area (Å²) >= 11 is 1.54. The first-order chi connectivity index (χ1) is 11.9. The molecule has 0 atom stereocenters. The maximum Gasteiger partial charge on any atom is 0.235 e. The third kappa shape index (κ3) is 2.19. The average Bonchev–Trinajstić information content (AvgIpc) is 3.30. The number of nitrogens with one attached hydrogen (secondary N) is 1. The predicted octanol–water partition coefficient (Wildman–Crippen LogP) is 3.92. The number of aromatic nitrogens is 5. The fourth-order valence-electron chi connectivity index (χ4n) is 2.84. The quantitative estimate of drug-likeness (QED) is 0.545. The van der Waals surface area contributed by atoms with Crippen LogP contribution in [0.1, 0.15) is 11.4 Å². The Bertz CT molecular complexity index is 1100. The number of nitrogens with zero attached hydrogens (tertiary/aromatic N) is 4. The van der Waals surface area contributed by atoms with Crippen LogP contribution in [0.3, 0.4) is 0 Å². The first-order valence-electron chi connectivity index (χ1n) is 7.70. The smallest absolute Gasteiger partial charge is 0.235 e. The summed E-state index contributed by atoms with van der Waals surface area (Å²) in [7, 11) is 0. The van der Waals surface area contributed by atoms with E-state index in [2.05, 4.69) is 45.5 Å². The Kier molecular flexibility index (Phi) is 2.96. The van der Waals surface area contributed by atoms with Gasteiger partial charge in [-0.05, 0) is 17.7 Å². The second-order valence-electron chi connectivity index (χ2n) is 5.65. The van der Waals surface area contributed by atoms with Gasteiger partial charge in [-0.2, -0.15) is 9.61 Å². The van der Waals surface area contributed by atoms with Gasteiger partial charge in [0.05, 0.1) is 5.69 Å². The van der Waals surface area contributed by atoms with Gasteiger partial charge in [0, 0.05) is 17.3 Å². The van der Waals surface area contributed by atoms with Gasteiger partial charge in [-0.15, -0.1) is 10.2 Å². The Balaban J connectivity index is 1.56. The fourth-order valence-corrected chi connectivity index (χ4v) is 3.67. The zero-order valence-corrected chi connectivity index (χ0v) is 13.5. The molecule has 0 bridgehead atoms. The maximum atomic E-state index is 4.71. The van der Waals surface area contributed by atoms with Crippen molar-refractivity contribution in [1.29, 1.82) is 0 Å². The lowest BCUT2D eigenvalue weighted by Crippen LogP contribution is -1.97. The number of hydrogen-bond donors (Lipinski definition) is 1. The highest BCUT2D eigenvalue weighted by Gasteiger charge is 2.14. The van der Waals surface area contributed by atoms with E-state index >= 15 is 0 Å². The van der Waals surface area contributed by atoms with Crippen LogP contribution in [0.5, 0.6) is 0 Å². The predicted molar refractivity (Wildman–Crippen MR) is 95.2 cm³/mol. The molecule has 3 aromatic heterocycles. The second-order valence-corrected chi connectivity index (χ2v) is 6.61. The SMILES string of the molecule is c1ccc(Cc2nnc3sc(-c4cc5ccccc5[nH]4)nn23)cc1. The van der Waals surface area contributed by atoms with Crippen molar-refractivity contribution in [1.82, 2.24) is 24.8 Å². The first-order valence-corrected chi connectivity index (χ1v) is 8.52. The van der Waals surface area contributed by atoms with Gasteiger partial charge < -0.3 is 4.98 Å². The molecule has 2 aromatic carbocycles. The van der Waals surface area contributed by atoms with Crippen molar-refractivity contribution in [2.45, 2.75) is 6.42 Å². The van der Waals surface area contributed by atoms with E-state index in [1.165, 1.54) is 10.9 Å². The monoisotopic (exact) mass is 331 g/mol. The summed E-state index contributed by atoms with van der Waals surface area (Å²) in [5, 5.41) is 15.4. The second kappa shape index (κ2) is 5.28. The molecule has 116 valence electrons. The number of fused-ring (bicyclic) bond motifs is 2. The lowest BCUT2D eigenvalue weighted by atomic mass is 10.1. The van der Waals surface area contributed by atoms with Crippen molar-refractivity contribution in [3.05, 3.63) is 72.1 Å². The van der Waals surface area contributed by atoms with Gasteiger partial charge in [-0.1, -0.05) is 59.9 Å². The highest BCUT2D eigenvalue weighted by Crippen LogP contribution is 2.28. The van der Waals surface area contributed by atoms with Gasteiger partial charge in [0.25, 0.3) is 0 Å².